The number of nitrogens with zero attached hydrogens (tertiary/aromatic N) is 2. The zero-order valence-electron chi connectivity index (χ0n) is 10.3. The van der Waals surface area contributed by atoms with E-state index in [1.807, 2.05) is 12.1 Å². The molecular weight excluding hydrogens is 279 g/mol. The molecule has 100 valence electrons. The highest BCUT2D eigenvalue weighted by Crippen LogP contribution is 2.32. The van der Waals surface area contributed by atoms with Crippen molar-refractivity contribution in [3.8, 4) is 11.1 Å². The number of benzene rings is 2. The highest BCUT2D eigenvalue weighted by atomic mass is 35.5. The molecule has 0 saturated carbocycles. The summed E-state index contributed by atoms with van der Waals surface area (Å²) in [4.78, 5) is 4.01. The number of rotatable bonds is 3. The van der Waals surface area contributed by atoms with Crippen LogP contribution in [0.3, 0.4) is 0 Å². The van der Waals surface area contributed by atoms with E-state index in [1.54, 1.807) is 18.2 Å². The van der Waals surface area contributed by atoms with Crippen LogP contribution in [0.1, 0.15) is 0 Å². The van der Waals surface area contributed by atoms with E-state index in [9.17, 15) is 4.39 Å². The molecule has 0 fully saturated rings. The van der Waals surface area contributed by atoms with Gasteiger partial charge in [0.05, 0.1) is 0 Å². The smallest absolute Gasteiger partial charge is 0.246 e. The molecule has 0 aliphatic rings. The van der Waals surface area contributed by atoms with Gasteiger partial charge in [-0.1, -0.05) is 23.7 Å². The molecule has 0 amide bonds. The Bertz CT molecular complexity index is 711. The van der Waals surface area contributed by atoms with Crippen LogP contribution >= 0.6 is 11.6 Å². The predicted octanol–water partition coefficient (Wildman–Crippen LogP) is 4.01. The van der Waals surface area contributed by atoms with Gasteiger partial charge in [-0.2, -0.15) is 0 Å². The molecule has 1 aromatic heterocycles. The molecule has 0 unspecified atom stereocenters. The van der Waals surface area contributed by atoms with E-state index in [4.69, 9.17) is 11.6 Å². The van der Waals surface area contributed by atoms with Crippen LogP contribution in [0.2, 0.25) is 5.02 Å². The standard InChI is InChI=1S/C14H10ClFN4/c15-10-3-6-13(19-14-17-8-18-20-14)12(7-10)9-1-4-11(16)5-2-9/h1-8H,(H2,17,18,19,20). The summed E-state index contributed by atoms with van der Waals surface area (Å²) in [7, 11) is 0. The fourth-order valence-corrected chi connectivity index (χ4v) is 2.06. The summed E-state index contributed by atoms with van der Waals surface area (Å²) in [5, 5.41) is 10.3. The second-order valence-electron chi connectivity index (χ2n) is 4.14. The van der Waals surface area contributed by atoms with Gasteiger partial charge in [-0.3, -0.25) is 5.10 Å². The number of halogens is 2. The maximum Gasteiger partial charge on any atom is 0.246 e. The van der Waals surface area contributed by atoms with Crippen molar-refractivity contribution >= 4 is 23.2 Å². The lowest BCUT2D eigenvalue weighted by Gasteiger charge is -2.10. The molecule has 4 nitrogen and oxygen atoms in total. The van der Waals surface area contributed by atoms with Gasteiger partial charge in [0.1, 0.15) is 12.1 Å². The van der Waals surface area contributed by atoms with Crippen molar-refractivity contribution in [1.29, 1.82) is 0 Å². The first-order chi connectivity index (χ1) is 9.72. The maximum absolute atomic E-state index is 13.0. The minimum Gasteiger partial charge on any atom is -0.322 e. The van der Waals surface area contributed by atoms with E-state index < -0.39 is 0 Å². The third-order valence-corrected chi connectivity index (χ3v) is 3.03. The van der Waals surface area contributed by atoms with E-state index in [0.29, 0.717) is 11.0 Å². The van der Waals surface area contributed by atoms with Crippen LogP contribution in [0.5, 0.6) is 0 Å². The Morgan fingerprint density at radius 2 is 1.90 bits per heavy atom. The first kappa shape index (κ1) is 12.6. The van der Waals surface area contributed by atoms with Gasteiger partial charge in [0.15, 0.2) is 0 Å². The Morgan fingerprint density at radius 1 is 1.10 bits per heavy atom. The molecule has 0 bridgehead atoms. The largest absolute Gasteiger partial charge is 0.322 e. The van der Waals surface area contributed by atoms with Crippen LogP contribution in [-0.4, -0.2) is 15.2 Å². The number of H-pyrrole nitrogens is 1. The molecule has 2 N–H and O–H groups in total. The minimum absolute atomic E-state index is 0.278. The molecule has 2 aromatic carbocycles. The van der Waals surface area contributed by atoms with Gasteiger partial charge in [0.25, 0.3) is 0 Å². The van der Waals surface area contributed by atoms with Crippen LogP contribution in [0, 0.1) is 5.82 Å². The Morgan fingerprint density at radius 3 is 2.60 bits per heavy atom. The normalized spacial score (nSPS) is 10.5. The maximum atomic E-state index is 13.0. The van der Waals surface area contributed by atoms with Crippen molar-refractivity contribution < 1.29 is 4.39 Å². The fourth-order valence-electron chi connectivity index (χ4n) is 1.88. The lowest BCUT2D eigenvalue weighted by atomic mass is 10.0. The molecular formula is C14H10ClFN4. The topological polar surface area (TPSA) is 53.6 Å². The Balaban J connectivity index is 2.04. The summed E-state index contributed by atoms with van der Waals surface area (Å²) >= 11 is 6.04. The van der Waals surface area contributed by atoms with Gasteiger partial charge in [0, 0.05) is 16.3 Å². The molecule has 6 heteroatoms. The molecule has 0 aliphatic heterocycles. The first-order valence-corrected chi connectivity index (χ1v) is 6.28. The van der Waals surface area contributed by atoms with Crippen LogP contribution in [-0.2, 0) is 0 Å². The van der Waals surface area contributed by atoms with Gasteiger partial charge in [-0.05, 0) is 35.9 Å². The molecule has 0 atom stereocenters. The number of hydrogen-bond donors (Lipinski definition) is 2. The van der Waals surface area contributed by atoms with Gasteiger partial charge < -0.3 is 5.32 Å². The summed E-state index contributed by atoms with van der Waals surface area (Å²) in [5.41, 5.74) is 2.50. The lowest BCUT2D eigenvalue weighted by Crippen LogP contribution is -1.95. The predicted molar refractivity (Wildman–Crippen MR) is 76.5 cm³/mol. The monoisotopic (exact) mass is 288 g/mol. The van der Waals surface area contributed by atoms with Gasteiger partial charge >= 0.3 is 0 Å². The van der Waals surface area contributed by atoms with Gasteiger partial charge in [0.2, 0.25) is 5.95 Å². The van der Waals surface area contributed by atoms with Crippen LogP contribution in [0.4, 0.5) is 16.0 Å². The average molecular weight is 289 g/mol. The SMILES string of the molecule is Fc1ccc(-c2cc(Cl)ccc2Nc2nc[nH]n2)cc1. The van der Waals surface area contributed by atoms with Crippen LogP contribution in [0.15, 0.2) is 48.8 Å². The number of nitrogens with one attached hydrogen (secondary N) is 2. The van der Waals surface area contributed by atoms with E-state index in [2.05, 4.69) is 20.5 Å². The number of hydrogen-bond acceptors (Lipinski definition) is 3. The third-order valence-electron chi connectivity index (χ3n) is 2.80. The lowest BCUT2D eigenvalue weighted by molar-refractivity contribution is 0.628. The van der Waals surface area contributed by atoms with Gasteiger partial charge in [-0.25, -0.2) is 9.37 Å². The average Bonchev–Trinajstić information content (AvgIpc) is 2.95. The van der Waals surface area contributed by atoms with E-state index in [0.717, 1.165) is 16.8 Å². The summed E-state index contributed by atoms with van der Waals surface area (Å²) in [6, 6.07) is 11.6. The quantitative estimate of drug-likeness (QED) is 0.766. The van der Waals surface area contributed by atoms with Crippen LogP contribution in [0.25, 0.3) is 11.1 Å². The first-order valence-electron chi connectivity index (χ1n) is 5.91. The number of anilines is 2. The van der Waals surface area contributed by atoms with Crippen molar-refractivity contribution in [2.75, 3.05) is 5.32 Å². The zero-order chi connectivity index (χ0) is 13.9. The summed E-state index contributed by atoms with van der Waals surface area (Å²) in [6.07, 6.45) is 1.48. The minimum atomic E-state index is -0.278. The van der Waals surface area contributed by atoms with E-state index in [-0.39, 0.29) is 5.82 Å². The van der Waals surface area contributed by atoms with E-state index in [1.165, 1.54) is 18.5 Å². The second kappa shape index (κ2) is 5.30. The molecule has 1 heterocycles. The summed E-state index contributed by atoms with van der Waals surface area (Å²) in [5.74, 6) is 0.176. The fraction of sp³-hybridized carbons (Fsp3) is 0. The Kier molecular flexibility index (Phi) is 3.35. The van der Waals surface area contributed by atoms with Crippen molar-refractivity contribution in [1.82, 2.24) is 15.2 Å². The Labute approximate surface area is 119 Å². The molecule has 3 rings (SSSR count). The number of aromatic nitrogens is 3. The van der Waals surface area contributed by atoms with Gasteiger partial charge in [-0.15, -0.1) is 5.10 Å². The Hall–Kier alpha value is -2.40. The van der Waals surface area contributed by atoms with Crippen molar-refractivity contribution in [2.24, 2.45) is 0 Å². The second-order valence-corrected chi connectivity index (χ2v) is 4.58. The summed E-state index contributed by atoms with van der Waals surface area (Å²) in [6.45, 7) is 0. The molecule has 0 radical (unpaired) electrons. The zero-order valence-corrected chi connectivity index (χ0v) is 11.0. The molecule has 0 aliphatic carbocycles. The van der Waals surface area contributed by atoms with E-state index >= 15 is 0 Å². The number of aromatic amines is 1. The summed E-state index contributed by atoms with van der Waals surface area (Å²) < 4.78 is 13.0. The molecule has 3 aromatic rings. The van der Waals surface area contributed by atoms with Crippen molar-refractivity contribution in [3.63, 3.8) is 0 Å². The third kappa shape index (κ3) is 2.62. The highest BCUT2D eigenvalue weighted by molar-refractivity contribution is 6.31. The van der Waals surface area contributed by atoms with Crippen LogP contribution < -0.4 is 5.32 Å². The molecule has 0 spiro atoms. The molecule has 0 saturated heterocycles. The highest BCUT2D eigenvalue weighted by Gasteiger charge is 2.08. The van der Waals surface area contributed by atoms with Crippen molar-refractivity contribution in [2.45, 2.75) is 0 Å². The van der Waals surface area contributed by atoms with Crippen molar-refractivity contribution in [3.05, 3.63) is 59.6 Å². The molecule has 20 heavy (non-hydrogen) atoms.